The fourth-order valence-electron chi connectivity index (χ4n) is 3.11. The second kappa shape index (κ2) is 9.17. The van der Waals surface area contributed by atoms with E-state index in [4.69, 9.17) is 5.11 Å². The highest BCUT2D eigenvalue weighted by Crippen LogP contribution is 2.23. The summed E-state index contributed by atoms with van der Waals surface area (Å²) in [4.78, 5) is 38.6. The third kappa shape index (κ3) is 5.65. The number of carbonyl (C=O) groups is 2. The summed E-state index contributed by atoms with van der Waals surface area (Å²) in [6, 6.07) is 10.4. The Labute approximate surface area is 189 Å². The number of benzene rings is 2. The van der Waals surface area contributed by atoms with E-state index in [1.54, 1.807) is 18.2 Å². The SMILES string of the molecule is O=C(O)c1cnc(CNC(=O)c2ccc3nc(Cc4ccc(OC(F)(F)F)cc4)[nH]c3c2)nc1. The first-order chi connectivity index (χ1) is 16.2. The maximum Gasteiger partial charge on any atom is 0.573 e. The summed E-state index contributed by atoms with van der Waals surface area (Å²) in [7, 11) is 0. The van der Waals surface area contributed by atoms with Gasteiger partial charge in [-0.2, -0.15) is 0 Å². The predicted octanol–water partition coefficient (Wildman–Crippen LogP) is 3.47. The molecule has 3 N–H and O–H groups in total. The lowest BCUT2D eigenvalue weighted by molar-refractivity contribution is -0.274. The number of hydrogen-bond donors (Lipinski definition) is 3. The lowest BCUT2D eigenvalue weighted by atomic mass is 10.1. The molecule has 0 aliphatic rings. The topological polar surface area (TPSA) is 130 Å². The molecule has 0 radical (unpaired) electrons. The Morgan fingerprint density at radius 1 is 1.03 bits per heavy atom. The van der Waals surface area contributed by atoms with Gasteiger partial charge in [-0.05, 0) is 35.9 Å². The van der Waals surface area contributed by atoms with Crippen molar-refractivity contribution in [3.63, 3.8) is 0 Å². The highest BCUT2D eigenvalue weighted by Gasteiger charge is 2.30. The Kier molecular flexibility index (Phi) is 6.13. The van der Waals surface area contributed by atoms with Gasteiger partial charge in [0.1, 0.15) is 17.4 Å². The molecule has 12 heteroatoms. The maximum absolute atomic E-state index is 12.5. The molecule has 34 heavy (non-hydrogen) atoms. The van der Waals surface area contributed by atoms with Crippen LogP contribution in [0.1, 0.15) is 37.9 Å². The van der Waals surface area contributed by atoms with Gasteiger partial charge < -0.3 is 20.1 Å². The summed E-state index contributed by atoms with van der Waals surface area (Å²) in [6.07, 6.45) is -2.09. The van der Waals surface area contributed by atoms with E-state index in [1.807, 2.05) is 0 Å². The molecule has 0 saturated carbocycles. The fourth-order valence-corrected chi connectivity index (χ4v) is 3.11. The van der Waals surface area contributed by atoms with Gasteiger partial charge >= 0.3 is 12.3 Å². The van der Waals surface area contributed by atoms with Crippen LogP contribution in [0.2, 0.25) is 0 Å². The molecular weight excluding hydrogens is 455 g/mol. The number of rotatable bonds is 7. The smallest absolute Gasteiger partial charge is 0.478 e. The molecule has 9 nitrogen and oxygen atoms in total. The molecule has 2 heterocycles. The van der Waals surface area contributed by atoms with Crippen molar-refractivity contribution < 1.29 is 32.6 Å². The largest absolute Gasteiger partial charge is 0.573 e. The van der Waals surface area contributed by atoms with Crippen molar-refractivity contribution in [3.05, 3.63) is 83.2 Å². The number of fused-ring (bicyclic) bond motifs is 1. The van der Waals surface area contributed by atoms with Crippen molar-refractivity contribution in [2.45, 2.75) is 19.3 Å². The highest BCUT2D eigenvalue weighted by molar-refractivity contribution is 5.97. The van der Waals surface area contributed by atoms with Crippen LogP contribution in [0.25, 0.3) is 11.0 Å². The van der Waals surface area contributed by atoms with Crippen LogP contribution in [0.3, 0.4) is 0 Å². The second-order valence-electron chi connectivity index (χ2n) is 7.16. The summed E-state index contributed by atoms with van der Waals surface area (Å²) in [5, 5.41) is 11.5. The molecule has 0 spiro atoms. The number of carboxylic acids is 1. The van der Waals surface area contributed by atoms with Crippen molar-refractivity contribution in [1.29, 1.82) is 0 Å². The maximum atomic E-state index is 12.5. The van der Waals surface area contributed by atoms with Crippen LogP contribution < -0.4 is 10.1 Å². The van der Waals surface area contributed by atoms with Gasteiger partial charge in [0.05, 0.1) is 23.1 Å². The van der Waals surface area contributed by atoms with Gasteiger partial charge in [0.15, 0.2) is 0 Å². The molecule has 0 fully saturated rings. The quantitative estimate of drug-likeness (QED) is 0.376. The Balaban J connectivity index is 1.40. The number of aromatic amines is 1. The number of nitrogens with one attached hydrogen (secondary N) is 2. The number of nitrogens with zero attached hydrogens (tertiary/aromatic N) is 3. The number of aromatic nitrogens is 4. The number of amides is 1. The van der Waals surface area contributed by atoms with Crippen LogP contribution >= 0.6 is 0 Å². The molecule has 0 aliphatic heterocycles. The van der Waals surface area contributed by atoms with Crippen LogP contribution in [0.5, 0.6) is 5.75 Å². The molecule has 4 aromatic rings. The minimum atomic E-state index is -4.75. The van der Waals surface area contributed by atoms with E-state index in [1.165, 1.54) is 24.3 Å². The first kappa shape index (κ1) is 22.7. The predicted molar refractivity (Wildman–Crippen MR) is 112 cm³/mol. The number of alkyl halides is 3. The first-order valence-electron chi connectivity index (χ1n) is 9.82. The van der Waals surface area contributed by atoms with Gasteiger partial charge in [0.25, 0.3) is 5.91 Å². The Morgan fingerprint density at radius 3 is 2.38 bits per heavy atom. The Morgan fingerprint density at radius 2 is 1.74 bits per heavy atom. The van der Waals surface area contributed by atoms with Gasteiger partial charge in [-0.25, -0.2) is 19.7 Å². The normalized spacial score (nSPS) is 11.4. The van der Waals surface area contributed by atoms with Crippen LogP contribution in [0.4, 0.5) is 13.2 Å². The van der Waals surface area contributed by atoms with Gasteiger partial charge in [0.2, 0.25) is 0 Å². The molecule has 0 saturated heterocycles. The second-order valence-corrected chi connectivity index (χ2v) is 7.16. The Hall–Kier alpha value is -4.48. The number of ether oxygens (including phenoxy) is 1. The van der Waals surface area contributed by atoms with Gasteiger partial charge in [-0.1, -0.05) is 12.1 Å². The van der Waals surface area contributed by atoms with Crippen molar-refractivity contribution in [1.82, 2.24) is 25.3 Å². The summed E-state index contributed by atoms with van der Waals surface area (Å²) < 4.78 is 40.7. The van der Waals surface area contributed by atoms with Crippen molar-refractivity contribution in [2.75, 3.05) is 0 Å². The van der Waals surface area contributed by atoms with E-state index >= 15 is 0 Å². The summed E-state index contributed by atoms with van der Waals surface area (Å²) >= 11 is 0. The number of carboxylic acid groups (broad SMARTS) is 1. The van der Waals surface area contributed by atoms with E-state index < -0.39 is 12.3 Å². The van der Waals surface area contributed by atoms with Crippen LogP contribution in [0.15, 0.2) is 54.9 Å². The summed E-state index contributed by atoms with van der Waals surface area (Å²) in [5.41, 5.74) is 2.26. The van der Waals surface area contributed by atoms with Gasteiger partial charge in [-0.3, -0.25) is 4.79 Å². The molecule has 4 rings (SSSR count). The monoisotopic (exact) mass is 471 g/mol. The molecular formula is C22H16F3N5O4. The molecule has 0 atom stereocenters. The molecule has 1 amide bonds. The Bertz CT molecular complexity index is 1340. The van der Waals surface area contributed by atoms with E-state index in [0.29, 0.717) is 28.8 Å². The highest BCUT2D eigenvalue weighted by atomic mass is 19.4. The average molecular weight is 471 g/mol. The van der Waals surface area contributed by atoms with Crippen LogP contribution in [-0.2, 0) is 13.0 Å². The molecule has 174 valence electrons. The third-order valence-corrected chi connectivity index (χ3v) is 4.68. The van der Waals surface area contributed by atoms with E-state index in [0.717, 1.165) is 18.0 Å². The molecule has 2 aromatic carbocycles. The van der Waals surface area contributed by atoms with Gasteiger partial charge in [0, 0.05) is 24.4 Å². The van der Waals surface area contributed by atoms with Crippen LogP contribution in [0, 0.1) is 0 Å². The van der Waals surface area contributed by atoms with E-state index in [2.05, 4.69) is 30.0 Å². The lowest BCUT2D eigenvalue weighted by Crippen LogP contribution is -2.24. The summed E-state index contributed by atoms with van der Waals surface area (Å²) in [5.74, 6) is -1.00. The molecule has 0 unspecified atom stereocenters. The minimum Gasteiger partial charge on any atom is -0.478 e. The zero-order chi connectivity index (χ0) is 24.3. The minimum absolute atomic E-state index is 0.0129. The number of H-pyrrole nitrogens is 1. The fraction of sp³-hybridized carbons (Fsp3) is 0.136. The van der Waals surface area contributed by atoms with Crippen molar-refractivity contribution in [2.24, 2.45) is 0 Å². The lowest BCUT2D eigenvalue weighted by Gasteiger charge is -2.08. The van der Waals surface area contributed by atoms with Crippen molar-refractivity contribution >= 4 is 22.9 Å². The molecule has 0 aliphatic carbocycles. The average Bonchev–Trinajstić information content (AvgIpc) is 3.19. The van der Waals surface area contributed by atoms with Crippen LogP contribution in [-0.4, -0.2) is 43.3 Å². The number of imidazole rings is 1. The number of carbonyl (C=O) groups excluding carboxylic acids is 1. The van der Waals surface area contributed by atoms with E-state index in [9.17, 15) is 22.8 Å². The number of hydrogen-bond acceptors (Lipinski definition) is 6. The standard InChI is InChI=1S/C22H16F3N5O4/c23-22(24,25)34-15-4-1-12(2-5-15)7-18-29-16-6-3-13(8-17(16)30-18)20(31)28-11-19-26-9-14(10-27-19)21(32)33/h1-6,8-10H,7,11H2,(H,28,31)(H,29,30)(H,32,33). The molecule has 0 bridgehead atoms. The zero-order valence-electron chi connectivity index (χ0n) is 17.3. The number of halogens is 3. The van der Waals surface area contributed by atoms with Gasteiger partial charge in [-0.15, -0.1) is 13.2 Å². The first-order valence-corrected chi connectivity index (χ1v) is 9.82. The summed E-state index contributed by atoms with van der Waals surface area (Å²) in [6.45, 7) is 0.0129. The third-order valence-electron chi connectivity index (χ3n) is 4.68. The molecule has 2 aromatic heterocycles. The van der Waals surface area contributed by atoms with E-state index in [-0.39, 0.29) is 29.6 Å². The number of aromatic carboxylic acids is 1. The zero-order valence-corrected chi connectivity index (χ0v) is 17.3. The van der Waals surface area contributed by atoms with Crippen molar-refractivity contribution in [3.8, 4) is 5.75 Å².